The largest absolute Gasteiger partial charge is 0.497 e. The van der Waals surface area contributed by atoms with Crippen LogP contribution in [0.5, 0.6) is 11.5 Å². The van der Waals surface area contributed by atoms with E-state index in [0.29, 0.717) is 30.9 Å². The van der Waals surface area contributed by atoms with Gasteiger partial charge >= 0.3 is 0 Å². The number of carbonyl (C=O) groups is 1. The molecule has 2 aromatic rings. The van der Waals surface area contributed by atoms with Crippen LogP contribution in [-0.2, 0) is 20.9 Å². The van der Waals surface area contributed by atoms with E-state index in [2.05, 4.69) is 0 Å². The number of rotatable bonds is 6. The Bertz CT molecular complexity index is 892. The van der Waals surface area contributed by atoms with Gasteiger partial charge < -0.3 is 18.9 Å². The van der Waals surface area contributed by atoms with Crippen molar-refractivity contribution in [2.24, 2.45) is 5.92 Å². The Morgan fingerprint density at radius 1 is 1.10 bits per heavy atom. The number of ketones is 1. The lowest BCUT2D eigenvalue weighted by molar-refractivity contribution is -0.134. The molecule has 0 N–H and O–H groups in total. The van der Waals surface area contributed by atoms with Gasteiger partial charge in [-0.2, -0.15) is 0 Å². The Kier molecular flexibility index (Phi) is 5.81. The van der Waals surface area contributed by atoms with Crippen molar-refractivity contribution < 1.29 is 28.1 Å². The molecular formula is C23H23FO5. The Balaban J connectivity index is 1.35. The quantitative estimate of drug-likeness (QED) is 0.722. The van der Waals surface area contributed by atoms with Crippen LogP contribution in [0.25, 0.3) is 0 Å². The summed E-state index contributed by atoms with van der Waals surface area (Å²) in [7, 11) is 1.58. The number of Topliss-reactive ketones (excluding diaryl/α,β-unsaturated/α-hetero) is 1. The van der Waals surface area contributed by atoms with Crippen LogP contribution in [0, 0.1) is 11.7 Å². The highest BCUT2D eigenvalue weighted by molar-refractivity contribution is 5.96. The number of hydrogen-bond donors (Lipinski definition) is 0. The summed E-state index contributed by atoms with van der Waals surface area (Å²) in [4.78, 5) is 12.9. The van der Waals surface area contributed by atoms with E-state index in [1.54, 1.807) is 37.4 Å². The van der Waals surface area contributed by atoms with E-state index in [1.807, 2.05) is 6.07 Å². The molecule has 6 heteroatoms. The van der Waals surface area contributed by atoms with Crippen molar-refractivity contribution in [2.45, 2.75) is 38.1 Å². The summed E-state index contributed by atoms with van der Waals surface area (Å²) in [6.07, 6.45) is 3.28. The lowest BCUT2D eigenvalue weighted by Gasteiger charge is -2.37. The summed E-state index contributed by atoms with van der Waals surface area (Å²) in [6.45, 7) is 0.413. The monoisotopic (exact) mass is 398 g/mol. The molecule has 1 aliphatic carbocycles. The lowest BCUT2D eigenvalue weighted by Crippen LogP contribution is -2.42. The van der Waals surface area contributed by atoms with Crippen LogP contribution >= 0.6 is 0 Å². The van der Waals surface area contributed by atoms with Gasteiger partial charge in [0.15, 0.2) is 0 Å². The summed E-state index contributed by atoms with van der Waals surface area (Å²) < 4.78 is 35.7. The minimum Gasteiger partial charge on any atom is -0.497 e. The van der Waals surface area contributed by atoms with Crippen LogP contribution in [0.4, 0.5) is 4.39 Å². The predicted molar refractivity (Wildman–Crippen MR) is 104 cm³/mol. The van der Waals surface area contributed by atoms with E-state index >= 15 is 0 Å². The highest BCUT2D eigenvalue weighted by atomic mass is 19.1. The van der Waals surface area contributed by atoms with Crippen LogP contribution in [0.1, 0.15) is 24.8 Å². The third-order valence-electron chi connectivity index (χ3n) is 5.34. The molecule has 1 heterocycles. The van der Waals surface area contributed by atoms with Gasteiger partial charge in [0.2, 0.25) is 11.5 Å². The van der Waals surface area contributed by atoms with E-state index in [-0.39, 0.29) is 35.5 Å². The molecule has 2 aromatic carbocycles. The molecule has 1 aliphatic heterocycles. The van der Waals surface area contributed by atoms with Gasteiger partial charge in [-0.3, -0.25) is 4.79 Å². The van der Waals surface area contributed by atoms with Gasteiger partial charge in [-0.05, 0) is 42.7 Å². The molecule has 4 rings (SSSR count). The molecule has 2 aliphatic rings. The molecule has 0 amide bonds. The minimum absolute atomic E-state index is 0.00311. The van der Waals surface area contributed by atoms with Crippen LogP contribution < -0.4 is 9.47 Å². The van der Waals surface area contributed by atoms with E-state index in [9.17, 15) is 9.18 Å². The first-order valence-electron chi connectivity index (χ1n) is 9.70. The predicted octanol–water partition coefficient (Wildman–Crippen LogP) is 4.41. The van der Waals surface area contributed by atoms with Crippen LogP contribution in [0.3, 0.4) is 0 Å². The fourth-order valence-electron chi connectivity index (χ4n) is 3.74. The van der Waals surface area contributed by atoms with Crippen molar-refractivity contribution >= 4 is 5.78 Å². The third kappa shape index (κ3) is 4.59. The maximum absolute atomic E-state index is 13.0. The van der Waals surface area contributed by atoms with Crippen LogP contribution in [-0.4, -0.2) is 25.1 Å². The molecule has 0 radical (unpaired) electrons. The highest BCUT2D eigenvalue weighted by Gasteiger charge is 2.41. The lowest BCUT2D eigenvalue weighted by atomic mass is 9.80. The molecule has 29 heavy (non-hydrogen) atoms. The zero-order chi connectivity index (χ0) is 20.2. The zero-order valence-electron chi connectivity index (χ0n) is 16.2. The molecule has 152 valence electrons. The highest BCUT2D eigenvalue weighted by Crippen LogP contribution is 2.35. The van der Waals surface area contributed by atoms with Gasteiger partial charge in [0.05, 0.1) is 25.7 Å². The van der Waals surface area contributed by atoms with Crippen molar-refractivity contribution in [3.05, 3.63) is 71.9 Å². The van der Waals surface area contributed by atoms with Crippen molar-refractivity contribution in [1.29, 1.82) is 0 Å². The van der Waals surface area contributed by atoms with Gasteiger partial charge in [-0.1, -0.05) is 18.2 Å². The van der Waals surface area contributed by atoms with Crippen LogP contribution in [0.15, 0.2) is 60.6 Å². The Labute approximate surface area is 169 Å². The molecule has 3 atom stereocenters. The fourth-order valence-corrected chi connectivity index (χ4v) is 3.74. The number of carbonyl (C=O) groups excluding carboxylic acids is 1. The molecule has 1 saturated carbocycles. The normalized spacial score (nSPS) is 23.6. The van der Waals surface area contributed by atoms with Crippen molar-refractivity contribution in [3.63, 3.8) is 0 Å². The Morgan fingerprint density at radius 3 is 2.69 bits per heavy atom. The van der Waals surface area contributed by atoms with E-state index < -0.39 is 0 Å². The first-order chi connectivity index (χ1) is 14.1. The second-order valence-corrected chi connectivity index (χ2v) is 7.28. The maximum atomic E-state index is 13.0. The molecule has 5 nitrogen and oxygen atoms in total. The summed E-state index contributed by atoms with van der Waals surface area (Å²) in [5.41, 5.74) is 0.919. The molecule has 0 spiro atoms. The topological polar surface area (TPSA) is 54.0 Å². The van der Waals surface area contributed by atoms with Crippen molar-refractivity contribution in [3.8, 4) is 11.5 Å². The van der Waals surface area contributed by atoms with E-state index in [4.69, 9.17) is 18.9 Å². The van der Waals surface area contributed by atoms with E-state index in [0.717, 1.165) is 12.0 Å². The molecular weight excluding hydrogens is 375 g/mol. The van der Waals surface area contributed by atoms with Crippen LogP contribution in [0.2, 0.25) is 0 Å². The van der Waals surface area contributed by atoms with Crippen molar-refractivity contribution in [1.82, 2.24) is 0 Å². The Morgan fingerprint density at radius 2 is 1.90 bits per heavy atom. The third-order valence-corrected chi connectivity index (χ3v) is 5.34. The molecule has 0 bridgehead atoms. The number of allylic oxidation sites excluding steroid dienone is 1. The summed E-state index contributed by atoms with van der Waals surface area (Å²) in [5.74, 6) is 0.867. The average Bonchev–Trinajstić information content (AvgIpc) is 2.75. The zero-order valence-corrected chi connectivity index (χ0v) is 16.2. The summed E-state index contributed by atoms with van der Waals surface area (Å²) >= 11 is 0. The number of halogens is 1. The average molecular weight is 398 g/mol. The molecule has 0 saturated heterocycles. The number of fused-ring (bicyclic) bond motifs is 1. The fraction of sp³-hybridized carbons (Fsp3) is 0.348. The summed E-state index contributed by atoms with van der Waals surface area (Å²) in [5, 5.41) is 0. The molecule has 0 aromatic heterocycles. The van der Waals surface area contributed by atoms with Gasteiger partial charge in [0.25, 0.3) is 0 Å². The van der Waals surface area contributed by atoms with Gasteiger partial charge in [0, 0.05) is 12.5 Å². The minimum atomic E-state index is -0.262. The van der Waals surface area contributed by atoms with Gasteiger partial charge in [-0.15, -0.1) is 0 Å². The standard InChI is InChI=1S/C23H23FO5/c1-26-17-3-2-4-19(11-17)29-22-14-28-21-12-18(9-10-20(21)23(22)25)27-13-15-5-7-16(24)8-6-15/h2-8,11,14,18,20-21H,9-10,12-13H2,1H3. The Hall–Kier alpha value is -2.86. The SMILES string of the molecule is COc1cccc(OC2=COC3CC(OCc4ccc(F)cc4)CCC3C2=O)c1. The first kappa shape index (κ1) is 19.5. The number of methoxy groups -OCH3 is 1. The number of ether oxygens (including phenoxy) is 4. The van der Waals surface area contributed by atoms with Gasteiger partial charge in [-0.25, -0.2) is 4.39 Å². The first-order valence-corrected chi connectivity index (χ1v) is 9.70. The number of hydrogen-bond acceptors (Lipinski definition) is 5. The smallest absolute Gasteiger partial charge is 0.207 e. The second kappa shape index (κ2) is 8.66. The maximum Gasteiger partial charge on any atom is 0.207 e. The van der Waals surface area contributed by atoms with Crippen molar-refractivity contribution in [2.75, 3.05) is 7.11 Å². The van der Waals surface area contributed by atoms with E-state index in [1.165, 1.54) is 18.4 Å². The van der Waals surface area contributed by atoms with Gasteiger partial charge in [0.1, 0.15) is 29.7 Å². The molecule has 3 unspecified atom stereocenters. The second-order valence-electron chi connectivity index (χ2n) is 7.28. The summed E-state index contributed by atoms with van der Waals surface area (Å²) in [6, 6.07) is 13.4. The molecule has 1 fully saturated rings. The number of benzene rings is 2.